The standard InChI is InChI=1S/C15H24N2O/c1-17-9-4-3-8-15(17)14(16)11-12-6-5-7-13(10-12)18-2/h5-7,10,14-15H,3-4,8-9,11,16H2,1-2H3. The van der Waals surface area contributed by atoms with E-state index in [9.17, 15) is 0 Å². The topological polar surface area (TPSA) is 38.5 Å². The molecule has 2 rings (SSSR count). The number of piperidine rings is 1. The number of hydrogen-bond donors (Lipinski definition) is 1. The fourth-order valence-corrected chi connectivity index (χ4v) is 2.85. The molecule has 2 atom stereocenters. The third kappa shape index (κ3) is 3.24. The third-order valence-electron chi connectivity index (χ3n) is 3.93. The number of likely N-dealkylation sites (tertiary alicyclic amines) is 1. The first-order valence-electron chi connectivity index (χ1n) is 6.79. The second kappa shape index (κ2) is 6.21. The SMILES string of the molecule is COc1cccc(CC(N)C2CCCCN2C)c1. The van der Waals surface area contributed by atoms with Gasteiger partial charge in [0.1, 0.15) is 5.75 Å². The maximum Gasteiger partial charge on any atom is 0.119 e. The van der Waals surface area contributed by atoms with E-state index in [-0.39, 0.29) is 6.04 Å². The molecular formula is C15H24N2O. The van der Waals surface area contributed by atoms with E-state index in [0.29, 0.717) is 6.04 Å². The molecule has 0 bridgehead atoms. The van der Waals surface area contributed by atoms with E-state index in [1.807, 2.05) is 12.1 Å². The Morgan fingerprint density at radius 1 is 1.44 bits per heavy atom. The largest absolute Gasteiger partial charge is 0.497 e. The van der Waals surface area contributed by atoms with E-state index in [0.717, 1.165) is 12.2 Å². The van der Waals surface area contributed by atoms with Gasteiger partial charge in [-0.05, 0) is 50.6 Å². The van der Waals surface area contributed by atoms with Gasteiger partial charge in [-0.1, -0.05) is 18.6 Å². The number of methoxy groups -OCH3 is 1. The summed E-state index contributed by atoms with van der Waals surface area (Å²) in [6.45, 7) is 1.18. The summed E-state index contributed by atoms with van der Waals surface area (Å²) in [4.78, 5) is 2.41. The van der Waals surface area contributed by atoms with Crippen molar-refractivity contribution in [1.29, 1.82) is 0 Å². The van der Waals surface area contributed by atoms with Crippen LogP contribution in [0.1, 0.15) is 24.8 Å². The second-order valence-corrected chi connectivity index (χ2v) is 5.26. The Morgan fingerprint density at radius 2 is 2.28 bits per heavy atom. The van der Waals surface area contributed by atoms with Crippen molar-refractivity contribution in [1.82, 2.24) is 4.90 Å². The second-order valence-electron chi connectivity index (χ2n) is 5.26. The molecule has 1 heterocycles. The van der Waals surface area contributed by atoms with E-state index in [1.165, 1.54) is 31.4 Å². The van der Waals surface area contributed by atoms with Crippen molar-refractivity contribution in [2.45, 2.75) is 37.8 Å². The summed E-state index contributed by atoms with van der Waals surface area (Å²) in [7, 11) is 3.89. The summed E-state index contributed by atoms with van der Waals surface area (Å²) in [6.07, 6.45) is 4.76. The molecule has 1 aromatic carbocycles. The van der Waals surface area contributed by atoms with Crippen LogP contribution in [0.4, 0.5) is 0 Å². The first kappa shape index (κ1) is 13.4. The first-order chi connectivity index (χ1) is 8.70. The smallest absolute Gasteiger partial charge is 0.119 e. The summed E-state index contributed by atoms with van der Waals surface area (Å²) < 4.78 is 5.25. The Balaban J connectivity index is 1.98. The van der Waals surface area contributed by atoms with Crippen LogP contribution < -0.4 is 10.5 Å². The minimum atomic E-state index is 0.211. The average molecular weight is 248 g/mol. The summed E-state index contributed by atoms with van der Waals surface area (Å²) in [5.41, 5.74) is 7.64. The summed E-state index contributed by atoms with van der Waals surface area (Å²) in [5.74, 6) is 0.914. The third-order valence-corrected chi connectivity index (χ3v) is 3.93. The van der Waals surface area contributed by atoms with E-state index in [1.54, 1.807) is 7.11 Å². The van der Waals surface area contributed by atoms with Crippen LogP contribution in [0.5, 0.6) is 5.75 Å². The van der Waals surface area contributed by atoms with Gasteiger partial charge in [-0.25, -0.2) is 0 Å². The van der Waals surface area contributed by atoms with Crippen molar-refractivity contribution < 1.29 is 4.74 Å². The predicted octanol–water partition coefficient (Wildman–Crippen LogP) is 2.05. The fraction of sp³-hybridized carbons (Fsp3) is 0.600. The molecule has 2 unspecified atom stereocenters. The lowest BCUT2D eigenvalue weighted by molar-refractivity contribution is 0.159. The molecule has 3 heteroatoms. The summed E-state index contributed by atoms with van der Waals surface area (Å²) in [5, 5.41) is 0. The van der Waals surface area contributed by atoms with Gasteiger partial charge in [0, 0.05) is 12.1 Å². The van der Waals surface area contributed by atoms with Gasteiger partial charge in [-0.3, -0.25) is 0 Å². The van der Waals surface area contributed by atoms with E-state index in [2.05, 4.69) is 24.1 Å². The number of nitrogens with zero attached hydrogens (tertiary/aromatic N) is 1. The molecule has 3 nitrogen and oxygen atoms in total. The van der Waals surface area contributed by atoms with Gasteiger partial charge >= 0.3 is 0 Å². The molecule has 1 saturated heterocycles. The van der Waals surface area contributed by atoms with Crippen LogP contribution in [0.25, 0.3) is 0 Å². The lowest BCUT2D eigenvalue weighted by Gasteiger charge is -2.36. The van der Waals surface area contributed by atoms with Crippen LogP contribution >= 0.6 is 0 Å². The molecular weight excluding hydrogens is 224 g/mol. The number of nitrogens with two attached hydrogens (primary N) is 1. The molecule has 0 radical (unpaired) electrons. The van der Waals surface area contributed by atoms with Gasteiger partial charge in [0.2, 0.25) is 0 Å². The Labute approximate surface area is 110 Å². The van der Waals surface area contributed by atoms with Crippen LogP contribution in [0.3, 0.4) is 0 Å². The Morgan fingerprint density at radius 3 is 3.00 bits per heavy atom. The number of likely N-dealkylation sites (N-methyl/N-ethyl adjacent to an activating group) is 1. The molecule has 1 aliphatic rings. The van der Waals surface area contributed by atoms with Gasteiger partial charge in [0.15, 0.2) is 0 Å². The summed E-state index contributed by atoms with van der Waals surface area (Å²) in [6, 6.07) is 8.95. The van der Waals surface area contributed by atoms with Crippen LogP contribution in [-0.4, -0.2) is 37.7 Å². The molecule has 18 heavy (non-hydrogen) atoms. The number of rotatable bonds is 4. The quantitative estimate of drug-likeness (QED) is 0.886. The van der Waals surface area contributed by atoms with Crippen LogP contribution in [-0.2, 0) is 6.42 Å². The summed E-state index contributed by atoms with van der Waals surface area (Å²) >= 11 is 0. The van der Waals surface area contributed by atoms with Gasteiger partial charge < -0.3 is 15.4 Å². The lowest BCUT2D eigenvalue weighted by Crippen LogP contribution is -2.49. The van der Waals surface area contributed by atoms with Gasteiger partial charge in [-0.2, -0.15) is 0 Å². The van der Waals surface area contributed by atoms with E-state index < -0.39 is 0 Å². The Bertz CT molecular complexity index is 381. The predicted molar refractivity (Wildman–Crippen MR) is 74.9 cm³/mol. The van der Waals surface area contributed by atoms with Gasteiger partial charge in [0.05, 0.1) is 7.11 Å². The first-order valence-corrected chi connectivity index (χ1v) is 6.79. The van der Waals surface area contributed by atoms with Crippen molar-refractivity contribution in [3.05, 3.63) is 29.8 Å². The Kier molecular flexibility index (Phi) is 4.61. The highest BCUT2D eigenvalue weighted by molar-refractivity contribution is 5.29. The maximum atomic E-state index is 6.38. The maximum absolute atomic E-state index is 6.38. The number of hydrogen-bond acceptors (Lipinski definition) is 3. The van der Waals surface area contributed by atoms with Crippen LogP contribution in [0, 0.1) is 0 Å². The highest BCUT2D eigenvalue weighted by Crippen LogP contribution is 2.20. The van der Waals surface area contributed by atoms with Crippen molar-refractivity contribution >= 4 is 0 Å². The Hall–Kier alpha value is -1.06. The van der Waals surface area contributed by atoms with E-state index in [4.69, 9.17) is 10.5 Å². The number of ether oxygens (including phenoxy) is 1. The zero-order chi connectivity index (χ0) is 13.0. The monoisotopic (exact) mass is 248 g/mol. The molecule has 0 aromatic heterocycles. The minimum Gasteiger partial charge on any atom is -0.497 e. The molecule has 100 valence electrons. The molecule has 0 spiro atoms. The van der Waals surface area contributed by atoms with Crippen molar-refractivity contribution in [2.24, 2.45) is 5.73 Å². The van der Waals surface area contributed by atoms with Gasteiger partial charge in [-0.15, -0.1) is 0 Å². The zero-order valence-electron chi connectivity index (χ0n) is 11.4. The molecule has 0 saturated carbocycles. The molecule has 0 amide bonds. The fourth-order valence-electron chi connectivity index (χ4n) is 2.85. The van der Waals surface area contributed by atoms with Crippen LogP contribution in [0.2, 0.25) is 0 Å². The molecule has 1 aliphatic heterocycles. The van der Waals surface area contributed by atoms with Crippen molar-refractivity contribution in [2.75, 3.05) is 20.7 Å². The highest BCUT2D eigenvalue weighted by atomic mass is 16.5. The highest BCUT2D eigenvalue weighted by Gasteiger charge is 2.24. The van der Waals surface area contributed by atoms with Gasteiger partial charge in [0.25, 0.3) is 0 Å². The average Bonchev–Trinajstić information content (AvgIpc) is 2.39. The number of benzene rings is 1. The van der Waals surface area contributed by atoms with Crippen molar-refractivity contribution in [3.63, 3.8) is 0 Å². The normalized spacial score (nSPS) is 22.7. The van der Waals surface area contributed by atoms with Crippen LogP contribution in [0.15, 0.2) is 24.3 Å². The van der Waals surface area contributed by atoms with Crippen molar-refractivity contribution in [3.8, 4) is 5.75 Å². The lowest BCUT2D eigenvalue weighted by atomic mass is 9.92. The minimum absolute atomic E-state index is 0.211. The molecule has 2 N–H and O–H groups in total. The molecule has 1 aromatic rings. The molecule has 1 fully saturated rings. The van der Waals surface area contributed by atoms with E-state index >= 15 is 0 Å². The molecule has 0 aliphatic carbocycles. The zero-order valence-corrected chi connectivity index (χ0v) is 11.4.